The van der Waals surface area contributed by atoms with E-state index < -0.39 is 40.6 Å². The highest BCUT2D eigenvalue weighted by molar-refractivity contribution is 5.97. The Bertz CT molecular complexity index is 1100. The maximum Gasteiger partial charge on any atom is 0.407 e. The van der Waals surface area contributed by atoms with E-state index in [4.69, 9.17) is 14.9 Å². The van der Waals surface area contributed by atoms with Crippen molar-refractivity contribution in [2.45, 2.75) is 32.9 Å². The summed E-state index contributed by atoms with van der Waals surface area (Å²) < 4.78 is 38.8. The third-order valence-corrected chi connectivity index (χ3v) is 4.10. The van der Waals surface area contributed by atoms with E-state index in [0.717, 1.165) is 12.1 Å². The number of aromatic nitrogens is 1. The van der Waals surface area contributed by atoms with Crippen molar-refractivity contribution in [2.75, 3.05) is 0 Å². The van der Waals surface area contributed by atoms with Gasteiger partial charge in [0.1, 0.15) is 23.8 Å². The third-order valence-electron chi connectivity index (χ3n) is 4.10. The Morgan fingerprint density at radius 3 is 2.26 bits per heavy atom. The van der Waals surface area contributed by atoms with Crippen LogP contribution < -0.4 is 11.1 Å². The van der Waals surface area contributed by atoms with Gasteiger partial charge >= 0.3 is 6.09 Å². The van der Waals surface area contributed by atoms with Crippen LogP contribution in [0.3, 0.4) is 0 Å². The molecule has 3 N–H and O–H groups in total. The van der Waals surface area contributed by atoms with Crippen molar-refractivity contribution in [3.8, 4) is 22.8 Å². The molecule has 0 aliphatic heterocycles. The first kappa shape index (κ1) is 21.9. The molecule has 3 rings (SSSR count). The van der Waals surface area contributed by atoms with Gasteiger partial charge in [-0.05, 0) is 38.5 Å². The van der Waals surface area contributed by atoms with Gasteiger partial charge in [0.05, 0.1) is 0 Å². The van der Waals surface area contributed by atoms with Crippen LogP contribution in [0.2, 0.25) is 0 Å². The summed E-state index contributed by atoms with van der Waals surface area (Å²) in [6.45, 7) is 5.52. The van der Waals surface area contributed by atoms with Crippen LogP contribution in [0.25, 0.3) is 22.8 Å². The molecule has 0 spiro atoms. The zero-order valence-electron chi connectivity index (χ0n) is 17.2. The zero-order valence-corrected chi connectivity index (χ0v) is 17.2. The lowest BCUT2D eigenvalue weighted by Gasteiger charge is -2.19. The molecule has 0 fully saturated rings. The fraction of sp³-hybridized carbons (Fsp3) is 0.227. The molecule has 2 amide bonds. The topological polar surface area (TPSA) is 107 Å². The van der Waals surface area contributed by atoms with Gasteiger partial charge in [0.25, 0.3) is 5.91 Å². The highest BCUT2D eigenvalue weighted by atomic mass is 19.1. The van der Waals surface area contributed by atoms with Gasteiger partial charge in [0.15, 0.2) is 11.5 Å². The average molecular weight is 429 g/mol. The number of ether oxygens (including phenoxy) is 1. The number of carbonyl (C=O) groups excluding carboxylic acids is 2. The maximum absolute atomic E-state index is 14.1. The number of rotatable bonds is 5. The smallest absolute Gasteiger partial charge is 0.407 e. The summed E-state index contributed by atoms with van der Waals surface area (Å²) in [6, 6.07) is 9.79. The number of hydrogen-bond donors (Lipinski definition) is 2. The number of nitrogens with one attached hydrogen (secondary N) is 1. The standard InChI is InChI=1S/C22H21F2N3O4/c1-22(2,3)27-21(29)30-11-12-7-9-13(10-8-12)18-17(19(25)28)26-20(31-18)16-14(23)5-4-6-15(16)24/h4-10H,11H2,1-3H3,(H2,25,28)(H,27,29). The molecule has 7 nitrogen and oxygen atoms in total. The maximum atomic E-state index is 14.1. The van der Waals surface area contributed by atoms with E-state index in [2.05, 4.69) is 10.3 Å². The van der Waals surface area contributed by atoms with Gasteiger partial charge in [-0.1, -0.05) is 30.3 Å². The summed E-state index contributed by atoms with van der Waals surface area (Å²) in [5.74, 6) is -3.10. The number of nitrogens with two attached hydrogens (primary N) is 1. The second-order valence-electron chi connectivity index (χ2n) is 7.81. The van der Waals surface area contributed by atoms with Crippen LogP contribution in [0, 0.1) is 11.6 Å². The Kier molecular flexibility index (Phi) is 6.05. The Hall–Kier alpha value is -3.75. The molecule has 0 radical (unpaired) electrons. The highest BCUT2D eigenvalue weighted by Gasteiger charge is 2.24. The first-order valence-corrected chi connectivity index (χ1v) is 9.34. The first-order valence-electron chi connectivity index (χ1n) is 9.34. The van der Waals surface area contributed by atoms with E-state index in [1.807, 2.05) is 20.8 Å². The average Bonchev–Trinajstić information content (AvgIpc) is 3.10. The molecule has 0 saturated heterocycles. The molecule has 9 heteroatoms. The molecule has 0 aliphatic carbocycles. The van der Waals surface area contributed by atoms with Crippen molar-refractivity contribution < 1.29 is 27.5 Å². The van der Waals surface area contributed by atoms with Crippen LogP contribution in [0.5, 0.6) is 0 Å². The number of hydrogen-bond acceptors (Lipinski definition) is 5. The normalized spacial score (nSPS) is 11.3. The lowest BCUT2D eigenvalue weighted by molar-refractivity contribution is 0.0996. The SMILES string of the molecule is CC(C)(C)NC(=O)OCc1ccc(-c2oc(-c3c(F)cccc3F)nc2C(N)=O)cc1. The van der Waals surface area contributed by atoms with Crippen LogP contribution in [-0.2, 0) is 11.3 Å². The fourth-order valence-corrected chi connectivity index (χ4v) is 2.74. The van der Waals surface area contributed by atoms with Crippen molar-refractivity contribution in [3.05, 3.63) is 65.4 Å². The molecule has 0 aliphatic rings. The van der Waals surface area contributed by atoms with E-state index in [1.165, 1.54) is 6.07 Å². The van der Waals surface area contributed by atoms with Crippen molar-refractivity contribution in [3.63, 3.8) is 0 Å². The summed E-state index contributed by atoms with van der Waals surface area (Å²) >= 11 is 0. The molecule has 162 valence electrons. The second kappa shape index (κ2) is 8.55. The molecule has 31 heavy (non-hydrogen) atoms. The van der Waals surface area contributed by atoms with Crippen LogP contribution in [0.1, 0.15) is 36.8 Å². The van der Waals surface area contributed by atoms with Crippen LogP contribution in [0.4, 0.5) is 13.6 Å². The predicted octanol–water partition coefficient (Wildman–Crippen LogP) is 4.41. The van der Waals surface area contributed by atoms with Crippen molar-refractivity contribution in [1.29, 1.82) is 0 Å². The van der Waals surface area contributed by atoms with Crippen LogP contribution in [-0.4, -0.2) is 22.5 Å². The van der Waals surface area contributed by atoms with Crippen molar-refractivity contribution >= 4 is 12.0 Å². The lowest BCUT2D eigenvalue weighted by atomic mass is 10.1. The first-order chi connectivity index (χ1) is 14.5. The Morgan fingerprint density at radius 1 is 1.10 bits per heavy atom. The summed E-state index contributed by atoms with van der Waals surface area (Å²) in [4.78, 5) is 27.5. The monoisotopic (exact) mass is 429 g/mol. The van der Waals surface area contributed by atoms with Gasteiger partial charge in [0, 0.05) is 11.1 Å². The lowest BCUT2D eigenvalue weighted by Crippen LogP contribution is -2.40. The van der Waals surface area contributed by atoms with Gasteiger partial charge < -0.3 is 20.2 Å². The molecule has 0 saturated carbocycles. The number of amides is 2. The molecule has 2 aromatic carbocycles. The van der Waals surface area contributed by atoms with Crippen molar-refractivity contribution in [2.24, 2.45) is 5.73 Å². The van der Waals surface area contributed by atoms with E-state index in [-0.39, 0.29) is 18.1 Å². The molecule has 0 unspecified atom stereocenters. The summed E-state index contributed by atoms with van der Waals surface area (Å²) in [6.07, 6.45) is -0.556. The molecule has 0 bridgehead atoms. The third kappa shape index (κ3) is 5.25. The van der Waals surface area contributed by atoms with Gasteiger partial charge in [0.2, 0.25) is 5.89 Å². The van der Waals surface area contributed by atoms with Gasteiger partial charge in [-0.15, -0.1) is 0 Å². The molecule has 1 heterocycles. The number of oxazole rings is 1. The minimum atomic E-state index is -0.909. The quantitative estimate of drug-likeness (QED) is 0.625. The van der Waals surface area contributed by atoms with Crippen LogP contribution >= 0.6 is 0 Å². The fourth-order valence-electron chi connectivity index (χ4n) is 2.74. The molecular weight excluding hydrogens is 408 g/mol. The number of carbonyl (C=O) groups is 2. The minimum Gasteiger partial charge on any atom is -0.445 e. The summed E-state index contributed by atoms with van der Waals surface area (Å²) in [5, 5.41) is 2.68. The van der Waals surface area contributed by atoms with E-state index >= 15 is 0 Å². The van der Waals surface area contributed by atoms with E-state index in [9.17, 15) is 18.4 Å². The number of alkyl carbamates (subject to hydrolysis) is 1. The minimum absolute atomic E-state index is 0.0208. The van der Waals surface area contributed by atoms with Crippen LogP contribution in [0.15, 0.2) is 46.9 Å². The molecule has 3 aromatic rings. The zero-order chi connectivity index (χ0) is 22.8. The number of halogens is 2. The van der Waals surface area contributed by atoms with E-state index in [0.29, 0.717) is 11.1 Å². The Labute approximate surface area is 177 Å². The Morgan fingerprint density at radius 2 is 1.71 bits per heavy atom. The summed E-state index contributed by atoms with van der Waals surface area (Å²) in [7, 11) is 0. The number of benzene rings is 2. The molecular formula is C22H21F2N3O4. The number of nitrogens with zero attached hydrogens (tertiary/aromatic N) is 1. The Balaban J connectivity index is 1.85. The van der Waals surface area contributed by atoms with Gasteiger partial charge in [-0.2, -0.15) is 0 Å². The largest absolute Gasteiger partial charge is 0.445 e. The van der Waals surface area contributed by atoms with Crippen molar-refractivity contribution in [1.82, 2.24) is 10.3 Å². The highest BCUT2D eigenvalue weighted by Crippen LogP contribution is 2.32. The number of primary amides is 1. The van der Waals surface area contributed by atoms with Gasteiger partial charge in [-0.3, -0.25) is 4.79 Å². The van der Waals surface area contributed by atoms with Gasteiger partial charge in [-0.25, -0.2) is 18.6 Å². The predicted molar refractivity (Wildman–Crippen MR) is 109 cm³/mol. The second-order valence-corrected chi connectivity index (χ2v) is 7.81. The molecule has 1 aromatic heterocycles. The molecule has 0 atom stereocenters. The summed E-state index contributed by atoms with van der Waals surface area (Å²) in [5.41, 5.74) is 5.28. The van der Waals surface area contributed by atoms with E-state index in [1.54, 1.807) is 24.3 Å².